The minimum Gasteiger partial charge on any atom is -0.457 e. The molecule has 0 radical (unpaired) electrons. The summed E-state index contributed by atoms with van der Waals surface area (Å²) in [6, 6.07) is 16.3. The maximum Gasteiger partial charge on any atom is 0.251 e. The molecular formula is C21H27N3O3. The summed E-state index contributed by atoms with van der Waals surface area (Å²) in [5.74, 6) is 1.06. The van der Waals surface area contributed by atoms with Crippen molar-refractivity contribution in [3.63, 3.8) is 0 Å². The first-order chi connectivity index (χ1) is 13.2. The summed E-state index contributed by atoms with van der Waals surface area (Å²) < 4.78 is 5.69. The smallest absolute Gasteiger partial charge is 0.251 e. The van der Waals surface area contributed by atoms with Gasteiger partial charge in [-0.15, -0.1) is 0 Å². The zero-order valence-corrected chi connectivity index (χ0v) is 15.9. The second-order valence-corrected chi connectivity index (χ2v) is 5.75. The fourth-order valence-electron chi connectivity index (χ4n) is 2.58. The molecule has 27 heavy (non-hydrogen) atoms. The highest BCUT2D eigenvalue weighted by Gasteiger charge is 2.17. The van der Waals surface area contributed by atoms with Crippen molar-refractivity contribution < 1.29 is 14.3 Å². The lowest BCUT2D eigenvalue weighted by Gasteiger charge is -2.27. The number of piperazine rings is 1. The first kappa shape index (κ1) is 20.5. The molecule has 2 N–H and O–H groups in total. The fraction of sp³-hybridized carbons (Fsp3) is 0.333. The molecule has 0 unspecified atom stereocenters. The van der Waals surface area contributed by atoms with Crippen LogP contribution < -0.4 is 15.4 Å². The van der Waals surface area contributed by atoms with Crippen molar-refractivity contribution in [3.8, 4) is 11.5 Å². The van der Waals surface area contributed by atoms with Crippen molar-refractivity contribution in [2.45, 2.75) is 13.8 Å². The lowest BCUT2D eigenvalue weighted by Crippen LogP contribution is -2.49. The van der Waals surface area contributed by atoms with Crippen molar-refractivity contribution in [2.24, 2.45) is 0 Å². The van der Waals surface area contributed by atoms with Crippen LogP contribution in [0.3, 0.4) is 0 Å². The van der Waals surface area contributed by atoms with Gasteiger partial charge in [-0.2, -0.15) is 0 Å². The summed E-state index contributed by atoms with van der Waals surface area (Å²) >= 11 is 0. The molecule has 0 spiro atoms. The van der Waals surface area contributed by atoms with E-state index in [4.69, 9.17) is 4.74 Å². The summed E-state index contributed by atoms with van der Waals surface area (Å²) in [4.78, 5) is 26.0. The molecule has 1 heterocycles. The van der Waals surface area contributed by atoms with Crippen LogP contribution in [0.4, 0.5) is 0 Å². The van der Waals surface area contributed by atoms with Crippen LogP contribution in [-0.2, 0) is 4.79 Å². The van der Waals surface area contributed by atoms with Crippen molar-refractivity contribution in [3.05, 3.63) is 60.2 Å². The van der Waals surface area contributed by atoms with Crippen LogP contribution in [0.1, 0.15) is 24.2 Å². The van der Waals surface area contributed by atoms with Crippen LogP contribution in [0, 0.1) is 0 Å². The molecule has 1 aliphatic heterocycles. The third-order valence-electron chi connectivity index (χ3n) is 3.97. The minimum atomic E-state index is -0.269. The molecule has 1 fully saturated rings. The van der Waals surface area contributed by atoms with E-state index in [0.717, 1.165) is 18.8 Å². The molecule has 0 bridgehead atoms. The largest absolute Gasteiger partial charge is 0.457 e. The van der Waals surface area contributed by atoms with Crippen molar-refractivity contribution in [1.29, 1.82) is 0 Å². The highest BCUT2D eigenvalue weighted by molar-refractivity contribution is 5.96. The van der Waals surface area contributed by atoms with Gasteiger partial charge in [0, 0.05) is 31.7 Å². The quantitative estimate of drug-likeness (QED) is 0.850. The second-order valence-electron chi connectivity index (χ2n) is 5.75. The van der Waals surface area contributed by atoms with Gasteiger partial charge >= 0.3 is 0 Å². The number of nitrogens with one attached hydrogen (secondary N) is 2. The van der Waals surface area contributed by atoms with Gasteiger partial charge in [-0.3, -0.25) is 9.59 Å². The van der Waals surface area contributed by atoms with Gasteiger partial charge in [0.15, 0.2) is 0 Å². The van der Waals surface area contributed by atoms with Gasteiger partial charge in [0.2, 0.25) is 5.91 Å². The van der Waals surface area contributed by atoms with E-state index >= 15 is 0 Å². The first-order valence-corrected chi connectivity index (χ1v) is 9.32. The molecule has 0 aromatic heterocycles. The zero-order valence-electron chi connectivity index (χ0n) is 15.9. The van der Waals surface area contributed by atoms with Gasteiger partial charge in [0.05, 0.1) is 6.54 Å². The lowest BCUT2D eigenvalue weighted by atomic mass is 10.2. The van der Waals surface area contributed by atoms with E-state index in [1.807, 2.05) is 44.2 Å². The molecule has 2 aromatic rings. The number of carbonyl (C=O) groups excluding carboxylic acids is 2. The minimum absolute atomic E-state index is 0.0150. The molecule has 0 atom stereocenters. The molecule has 6 nitrogen and oxygen atoms in total. The van der Waals surface area contributed by atoms with Gasteiger partial charge in [-0.25, -0.2) is 0 Å². The van der Waals surface area contributed by atoms with E-state index < -0.39 is 0 Å². The van der Waals surface area contributed by atoms with Crippen LogP contribution in [-0.4, -0.2) is 49.4 Å². The Labute approximate surface area is 160 Å². The van der Waals surface area contributed by atoms with Crippen LogP contribution in [0.2, 0.25) is 0 Å². The van der Waals surface area contributed by atoms with Crippen LogP contribution in [0.15, 0.2) is 54.6 Å². The summed E-state index contributed by atoms with van der Waals surface area (Å²) in [5.41, 5.74) is 0.494. The molecule has 6 heteroatoms. The Morgan fingerprint density at radius 1 is 0.963 bits per heavy atom. The monoisotopic (exact) mass is 369 g/mol. The van der Waals surface area contributed by atoms with E-state index in [-0.39, 0.29) is 18.4 Å². The molecule has 144 valence electrons. The Morgan fingerprint density at radius 2 is 1.56 bits per heavy atom. The number of para-hydroxylation sites is 1. The summed E-state index contributed by atoms with van der Waals surface area (Å²) in [7, 11) is 0. The Kier molecular flexibility index (Phi) is 8.32. The van der Waals surface area contributed by atoms with Gasteiger partial charge in [-0.05, 0) is 36.4 Å². The molecular weight excluding hydrogens is 342 g/mol. The highest BCUT2D eigenvalue weighted by Crippen LogP contribution is 2.21. The standard InChI is InChI=1S/C19H21N3O3.C2H6/c23-18(22-12-10-20-11-13-22)14-21-19(24)15-6-8-17(9-7-15)25-16-4-2-1-3-5-16;1-2/h1-9,20H,10-14H2,(H,21,24);1-2H3. The van der Waals surface area contributed by atoms with Crippen LogP contribution in [0.25, 0.3) is 0 Å². The molecule has 1 aliphatic rings. The van der Waals surface area contributed by atoms with E-state index in [0.29, 0.717) is 24.4 Å². The third-order valence-corrected chi connectivity index (χ3v) is 3.97. The number of amides is 2. The average Bonchev–Trinajstić information content (AvgIpc) is 2.75. The third kappa shape index (κ3) is 6.42. The summed E-state index contributed by atoms with van der Waals surface area (Å²) in [5, 5.41) is 5.86. The fourth-order valence-corrected chi connectivity index (χ4v) is 2.58. The van der Waals surface area contributed by atoms with Gasteiger partial charge in [0.1, 0.15) is 11.5 Å². The van der Waals surface area contributed by atoms with Crippen molar-refractivity contribution >= 4 is 11.8 Å². The lowest BCUT2D eigenvalue weighted by molar-refractivity contribution is -0.130. The van der Waals surface area contributed by atoms with E-state index in [2.05, 4.69) is 10.6 Å². The number of nitrogens with zero attached hydrogens (tertiary/aromatic N) is 1. The number of benzene rings is 2. The molecule has 2 amide bonds. The van der Waals surface area contributed by atoms with Crippen LogP contribution in [0.5, 0.6) is 11.5 Å². The molecule has 0 saturated carbocycles. The molecule has 3 rings (SSSR count). The first-order valence-electron chi connectivity index (χ1n) is 9.32. The predicted octanol–water partition coefficient (Wildman–Crippen LogP) is 2.67. The second kappa shape index (κ2) is 11.0. The van der Waals surface area contributed by atoms with Gasteiger partial charge in [-0.1, -0.05) is 32.0 Å². The Morgan fingerprint density at radius 3 is 2.19 bits per heavy atom. The Balaban J connectivity index is 0.00000126. The normalized spacial score (nSPS) is 13.2. The zero-order chi connectivity index (χ0) is 19.5. The number of ether oxygens (including phenoxy) is 1. The maximum absolute atomic E-state index is 12.2. The maximum atomic E-state index is 12.2. The predicted molar refractivity (Wildman–Crippen MR) is 106 cm³/mol. The Bertz CT molecular complexity index is 711. The average molecular weight is 369 g/mol. The Hall–Kier alpha value is -2.86. The van der Waals surface area contributed by atoms with Gasteiger partial charge in [0.25, 0.3) is 5.91 Å². The number of hydrogen-bond acceptors (Lipinski definition) is 4. The topological polar surface area (TPSA) is 70.7 Å². The molecule has 2 aromatic carbocycles. The molecule has 0 aliphatic carbocycles. The summed E-state index contributed by atoms with van der Waals surface area (Å²) in [6.07, 6.45) is 0. The summed E-state index contributed by atoms with van der Waals surface area (Å²) in [6.45, 7) is 6.96. The van der Waals surface area contributed by atoms with Gasteiger partial charge < -0.3 is 20.3 Å². The highest BCUT2D eigenvalue weighted by atomic mass is 16.5. The van der Waals surface area contributed by atoms with E-state index in [9.17, 15) is 9.59 Å². The van der Waals surface area contributed by atoms with Crippen molar-refractivity contribution in [2.75, 3.05) is 32.7 Å². The molecule has 1 saturated heterocycles. The number of hydrogen-bond donors (Lipinski definition) is 2. The van der Waals surface area contributed by atoms with E-state index in [1.54, 1.807) is 29.2 Å². The van der Waals surface area contributed by atoms with E-state index in [1.165, 1.54) is 0 Å². The number of carbonyl (C=O) groups is 2. The SMILES string of the molecule is CC.O=C(NCC(=O)N1CCNCC1)c1ccc(Oc2ccccc2)cc1. The van der Waals surface area contributed by atoms with Crippen LogP contribution >= 0.6 is 0 Å². The number of rotatable bonds is 5. The van der Waals surface area contributed by atoms with Crippen molar-refractivity contribution in [1.82, 2.24) is 15.5 Å².